The van der Waals surface area contributed by atoms with Crippen LogP contribution >= 0.6 is 0 Å². The molecule has 2 fully saturated rings. The third-order valence-electron chi connectivity index (χ3n) is 4.27. The molecule has 1 aliphatic heterocycles. The Bertz CT molecular complexity index is 542. The number of aliphatic hydroxyl groups is 1. The predicted octanol–water partition coefficient (Wildman–Crippen LogP) is 2.14. The number of ether oxygens (including phenoxy) is 1. The molecule has 0 radical (unpaired) electrons. The fourth-order valence-corrected chi connectivity index (χ4v) is 2.62. The smallest absolute Gasteiger partial charge is 0.206 e. The van der Waals surface area contributed by atoms with Crippen molar-refractivity contribution in [2.24, 2.45) is 5.92 Å². The summed E-state index contributed by atoms with van der Waals surface area (Å²) >= 11 is 0. The Labute approximate surface area is 129 Å². The lowest BCUT2D eigenvalue weighted by molar-refractivity contribution is -0.230. The number of hydrogen-bond acceptors (Lipinski definition) is 6. The van der Waals surface area contributed by atoms with E-state index in [0.717, 1.165) is 49.8 Å². The highest BCUT2D eigenvalue weighted by Crippen LogP contribution is 2.40. The molecule has 3 N–H and O–H groups in total. The molecule has 0 spiro atoms. The number of rotatable bonds is 7. The molecule has 2 aliphatic carbocycles. The van der Waals surface area contributed by atoms with Gasteiger partial charge in [0.15, 0.2) is 0 Å². The summed E-state index contributed by atoms with van der Waals surface area (Å²) in [5, 5.41) is 20.8. The molecule has 1 heterocycles. The second kappa shape index (κ2) is 6.14. The zero-order valence-electron chi connectivity index (χ0n) is 12.7. The maximum absolute atomic E-state index is 10.2. The van der Waals surface area contributed by atoms with Crippen molar-refractivity contribution in [1.29, 1.82) is 5.41 Å². The van der Waals surface area contributed by atoms with Crippen molar-refractivity contribution in [3.63, 3.8) is 0 Å². The van der Waals surface area contributed by atoms with Crippen molar-refractivity contribution in [1.82, 2.24) is 5.32 Å². The summed E-state index contributed by atoms with van der Waals surface area (Å²) in [4.78, 5) is 9.61. The molecule has 3 aliphatic rings. The predicted molar refractivity (Wildman–Crippen MR) is 80.7 cm³/mol. The average molecular weight is 306 g/mol. The Morgan fingerprint density at radius 3 is 2.77 bits per heavy atom. The molecule has 6 nitrogen and oxygen atoms in total. The molecule has 0 unspecified atom stereocenters. The van der Waals surface area contributed by atoms with E-state index in [2.05, 4.69) is 10.2 Å². The van der Waals surface area contributed by atoms with Gasteiger partial charge in [-0.05, 0) is 44.3 Å². The maximum Gasteiger partial charge on any atom is 0.206 e. The van der Waals surface area contributed by atoms with Crippen LogP contribution in [-0.4, -0.2) is 30.6 Å². The van der Waals surface area contributed by atoms with Crippen LogP contribution in [0.3, 0.4) is 0 Å². The molecular weight excluding hydrogens is 284 g/mol. The van der Waals surface area contributed by atoms with Gasteiger partial charge in [-0.3, -0.25) is 0 Å². The van der Waals surface area contributed by atoms with Crippen LogP contribution in [0.5, 0.6) is 0 Å². The number of hydrogen-bond donors (Lipinski definition) is 3. The monoisotopic (exact) mass is 306 g/mol. The minimum atomic E-state index is -0.662. The van der Waals surface area contributed by atoms with E-state index in [4.69, 9.17) is 15.0 Å². The van der Waals surface area contributed by atoms with Gasteiger partial charge < -0.3 is 25.5 Å². The molecule has 22 heavy (non-hydrogen) atoms. The van der Waals surface area contributed by atoms with Crippen molar-refractivity contribution >= 4 is 6.21 Å². The Morgan fingerprint density at radius 1 is 1.45 bits per heavy atom. The minimum absolute atomic E-state index is 0.313. The van der Waals surface area contributed by atoms with E-state index < -0.39 is 5.60 Å². The van der Waals surface area contributed by atoms with E-state index >= 15 is 0 Å². The molecule has 0 bridgehead atoms. The highest BCUT2D eigenvalue weighted by molar-refractivity contribution is 5.75. The lowest BCUT2D eigenvalue weighted by Gasteiger charge is -2.36. The van der Waals surface area contributed by atoms with Gasteiger partial charge in [-0.2, -0.15) is 4.89 Å². The van der Waals surface area contributed by atoms with Gasteiger partial charge in [0.25, 0.3) is 0 Å². The Kier molecular flexibility index (Phi) is 4.22. The standard InChI is InChI=1S/C16H22N2O4/c1-20-22-14(9-17)12-5-6-13(15(18-12)11-3-4-11)21-10-16(19)7-2-8-16/h5-6,9,11,17-19H,2-4,7-8,10H2,1H3/b14-12+,17-9?. The molecule has 6 heteroatoms. The molecule has 0 saturated heterocycles. The maximum atomic E-state index is 10.2. The SMILES string of the molecule is COO/C(C=N)=C1\C=CC(OCC2(O)CCC2)=C(C2CC2)N1. The molecule has 0 aromatic rings. The lowest BCUT2D eigenvalue weighted by Crippen LogP contribution is -2.41. The first-order valence-electron chi connectivity index (χ1n) is 7.65. The van der Waals surface area contributed by atoms with Crippen molar-refractivity contribution < 1.29 is 19.6 Å². The molecule has 0 aromatic heterocycles. The molecule has 0 amide bonds. The van der Waals surface area contributed by atoms with Gasteiger partial charge in [-0.1, -0.05) is 0 Å². The Hall–Kier alpha value is -1.79. The zero-order valence-corrected chi connectivity index (χ0v) is 12.7. The first kappa shape index (κ1) is 15.1. The Balaban J connectivity index is 1.74. The highest BCUT2D eigenvalue weighted by Gasteiger charge is 2.37. The number of dihydropyridines is 1. The van der Waals surface area contributed by atoms with Gasteiger partial charge in [0.05, 0.1) is 30.3 Å². The van der Waals surface area contributed by atoms with Gasteiger partial charge in [-0.15, -0.1) is 0 Å². The van der Waals surface area contributed by atoms with Crippen LogP contribution < -0.4 is 5.32 Å². The average Bonchev–Trinajstić information content (AvgIpc) is 3.33. The van der Waals surface area contributed by atoms with Gasteiger partial charge in [0.1, 0.15) is 12.4 Å². The summed E-state index contributed by atoms with van der Waals surface area (Å²) in [7, 11) is 1.40. The topological polar surface area (TPSA) is 83.8 Å². The normalized spacial score (nSPS) is 25.2. The summed E-state index contributed by atoms with van der Waals surface area (Å²) in [6.07, 6.45) is 9.67. The fourth-order valence-electron chi connectivity index (χ4n) is 2.62. The Morgan fingerprint density at radius 2 is 2.23 bits per heavy atom. The first-order valence-corrected chi connectivity index (χ1v) is 7.65. The third-order valence-corrected chi connectivity index (χ3v) is 4.27. The van der Waals surface area contributed by atoms with E-state index in [1.54, 1.807) is 6.08 Å². The van der Waals surface area contributed by atoms with Crippen molar-refractivity contribution in [2.75, 3.05) is 13.7 Å². The zero-order chi connectivity index (χ0) is 15.6. The van der Waals surface area contributed by atoms with E-state index in [0.29, 0.717) is 24.0 Å². The van der Waals surface area contributed by atoms with Gasteiger partial charge >= 0.3 is 0 Å². The summed E-state index contributed by atoms with van der Waals surface area (Å²) < 4.78 is 5.85. The first-order chi connectivity index (χ1) is 10.6. The molecule has 0 aromatic carbocycles. The van der Waals surface area contributed by atoms with Crippen molar-refractivity contribution in [3.8, 4) is 0 Å². The van der Waals surface area contributed by atoms with Crippen LogP contribution in [0.1, 0.15) is 32.1 Å². The quantitative estimate of drug-likeness (QED) is 0.290. The largest absolute Gasteiger partial charge is 0.489 e. The van der Waals surface area contributed by atoms with E-state index in [1.165, 1.54) is 7.11 Å². The van der Waals surface area contributed by atoms with E-state index in [9.17, 15) is 5.11 Å². The molecular formula is C16H22N2O4. The van der Waals surface area contributed by atoms with Gasteiger partial charge in [0, 0.05) is 5.92 Å². The minimum Gasteiger partial charge on any atom is -0.489 e. The second-order valence-corrected chi connectivity index (χ2v) is 6.05. The van der Waals surface area contributed by atoms with Crippen LogP contribution in [0.2, 0.25) is 0 Å². The second-order valence-electron chi connectivity index (χ2n) is 6.05. The molecule has 0 atom stereocenters. The molecule has 2 saturated carbocycles. The van der Waals surface area contributed by atoms with Crippen LogP contribution in [0.15, 0.2) is 35.1 Å². The lowest BCUT2D eigenvalue weighted by atomic mass is 9.81. The number of nitrogens with one attached hydrogen (secondary N) is 2. The fraction of sp³-hybridized carbons (Fsp3) is 0.562. The highest BCUT2D eigenvalue weighted by atomic mass is 17.2. The van der Waals surface area contributed by atoms with Crippen molar-refractivity contribution in [3.05, 3.63) is 35.1 Å². The summed E-state index contributed by atoms with van der Waals surface area (Å²) in [6.45, 7) is 0.329. The van der Waals surface area contributed by atoms with Crippen molar-refractivity contribution in [2.45, 2.75) is 37.7 Å². The molecule has 120 valence electrons. The summed E-state index contributed by atoms with van der Waals surface area (Å²) in [5.74, 6) is 1.53. The molecule has 3 rings (SSSR count). The van der Waals surface area contributed by atoms with E-state index in [-0.39, 0.29) is 0 Å². The number of allylic oxidation sites excluding steroid dienone is 4. The van der Waals surface area contributed by atoms with Crippen LogP contribution in [0, 0.1) is 11.3 Å². The van der Waals surface area contributed by atoms with Gasteiger partial charge in [0.2, 0.25) is 5.76 Å². The van der Waals surface area contributed by atoms with Crippen LogP contribution in [0.4, 0.5) is 0 Å². The van der Waals surface area contributed by atoms with Crippen LogP contribution in [0.25, 0.3) is 0 Å². The summed E-state index contributed by atoms with van der Waals surface area (Å²) in [5.41, 5.74) is 1.01. The van der Waals surface area contributed by atoms with Gasteiger partial charge in [-0.25, -0.2) is 0 Å². The summed E-state index contributed by atoms with van der Waals surface area (Å²) in [6, 6.07) is 0. The third kappa shape index (κ3) is 3.18. The van der Waals surface area contributed by atoms with Crippen LogP contribution in [-0.2, 0) is 14.5 Å². The van der Waals surface area contributed by atoms with E-state index in [1.807, 2.05) is 6.08 Å².